The van der Waals surface area contributed by atoms with Crippen molar-refractivity contribution in [3.8, 4) is 0 Å². The van der Waals surface area contributed by atoms with Crippen LogP contribution in [-0.4, -0.2) is 79.6 Å². The number of hydrogen-bond donors (Lipinski definition) is 2. The van der Waals surface area contributed by atoms with Gasteiger partial charge < -0.3 is 24.7 Å². The SMILES string of the molecule is COCCNC(=S)N(CCCN1CCOCC1)Cc1cc2c(C)cc(C)cc2[nH]c1=O. The van der Waals surface area contributed by atoms with Crippen LogP contribution in [0.15, 0.2) is 23.0 Å². The predicted octanol–water partition coefficient (Wildman–Crippen LogP) is 2.19. The van der Waals surface area contributed by atoms with E-state index in [2.05, 4.69) is 33.1 Å². The second-order valence-electron chi connectivity index (χ2n) is 8.12. The number of aryl methyl sites for hydroxylation is 2. The third-order valence-electron chi connectivity index (χ3n) is 5.63. The van der Waals surface area contributed by atoms with Crippen LogP contribution in [0, 0.1) is 13.8 Å². The molecule has 1 aliphatic heterocycles. The molecule has 0 spiro atoms. The molecule has 0 saturated carbocycles. The van der Waals surface area contributed by atoms with Crippen LogP contribution in [0.4, 0.5) is 0 Å². The first-order valence-corrected chi connectivity index (χ1v) is 11.3. The van der Waals surface area contributed by atoms with Crippen molar-refractivity contribution >= 4 is 28.2 Å². The Bertz CT molecular complexity index is 940. The van der Waals surface area contributed by atoms with Crippen molar-refractivity contribution in [1.29, 1.82) is 0 Å². The van der Waals surface area contributed by atoms with Crippen molar-refractivity contribution in [2.75, 3.05) is 59.7 Å². The lowest BCUT2D eigenvalue weighted by atomic mass is 10.0. The van der Waals surface area contributed by atoms with Crippen LogP contribution in [0.3, 0.4) is 0 Å². The number of morpholine rings is 1. The summed E-state index contributed by atoms with van der Waals surface area (Å²) in [6.45, 7) is 11.1. The van der Waals surface area contributed by atoms with Gasteiger partial charge in [0, 0.05) is 56.3 Å². The van der Waals surface area contributed by atoms with Gasteiger partial charge in [-0.25, -0.2) is 0 Å². The van der Waals surface area contributed by atoms with Gasteiger partial charge in [0.2, 0.25) is 0 Å². The standard InChI is InChI=1S/C23H34N4O3S/c1-17-13-18(2)20-15-19(22(28)25-21(20)14-17)16-27(23(31)24-5-10-29-3)7-4-6-26-8-11-30-12-9-26/h13-15H,4-12,16H2,1-3H3,(H,24,31)(H,25,28). The van der Waals surface area contributed by atoms with E-state index >= 15 is 0 Å². The van der Waals surface area contributed by atoms with Crippen molar-refractivity contribution in [1.82, 2.24) is 20.1 Å². The molecule has 0 unspecified atom stereocenters. The van der Waals surface area contributed by atoms with Crippen molar-refractivity contribution in [2.45, 2.75) is 26.8 Å². The summed E-state index contributed by atoms with van der Waals surface area (Å²) in [7, 11) is 1.67. The zero-order valence-electron chi connectivity index (χ0n) is 18.8. The van der Waals surface area contributed by atoms with Crippen LogP contribution in [0.25, 0.3) is 10.9 Å². The van der Waals surface area contributed by atoms with Gasteiger partial charge in [0.05, 0.1) is 26.4 Å². The molecule has 8 heteroatoms. The minimum Gasteiger partial charge on any atom is -0.383 e. The highest BCUT2D eigenvalue weighted by atomic mass is 32.1. The Hall–Kier alpha value is -2.00. The molecule has 1 aromatic heterocycles. The molecule has 31 heavy (non-hydrogen) atoms. The summed E-state index contributed by atoms with van der Waals surface area (Å²) < 4.78 is 10.6. The van der Waals surface area contributed by atoms with E-state index in [1.54, 1.807) is 7.11 Å². The number of pyridine rings is 1. The Balaban J connectivity index is 1.73. The molecule has 1 aromatic carbocycles. The largest absolute Gasteiger partial charge is 0.383 e. The number of nitrogens with one attached hydrogen (secondary N) is 2. The van der Waals surface area contributed by atoms with Crippen molar-refractivity contribution in [3.63, 3.8) is 0 Å². The smallest absolute Gasteiger partial charge is 0.253 e. The van der Waals surface area contributed by atoms with E-state index in [0.29, 0.717) is 24.8 Å². The van der Waals surface area contributed by atoms with Crippen molar-refractivity contribution in [3.05, 3.63) is 45.2 Å². The van der Waals surface area contributed by atoms with E-state index in [1.807, 2.05) is 19.1 Å². The molecule has 0 atom stereocenters. The number of rotatable bonds is 9. The Morgan fingerprint density at radius 3 is 2.81 bits per heavy atom. The van der Waals surface area contributed by atoms with Crippen LogP contribution < -0.4 is 10.9 Å². The van der Waals surface area contributed by atoms with Crippen LogP contribution in [-0.2, 0) is 16.0 Å². The molecule has 3 rings (SSSR count). The average molecular weight is 447 g/mol. The van der Waals surface area contributed by atoms with E-state index in [-0.39, 0.29) is 5.56 Å². The van der Waals surface area contributed by atoms with Gasteiger partial charge in [0.15, 0.2) is 5.11 Å². The highest BCUT2D eigenvalue weighted by Crippen LogP contribution is 2.19. The maximum atomic E-state index is 12.8. The summed E-state index contributed by atoms with van der Waals surface area (Å²) in [5, 5.41) is 4.98. The zero-order valence-corrected chi connectivity index (χ0v) is 19.6. The maximum Gasteiger partial charge on any atom is 0.253 e. The zero-order chi connectivity index (χ0) is 22.2. The van der Waals surface area contributed by atoms with E-state index in [9.17, 15) is 4.79 Å². The van der Waals surface area contributed by atoms with Gasteiger partial charge in [-0.3, -0.25) is 9.69 Å². The van der Waals surface area contributed by atoms with Gasteiger partial charge in [0.25, 0.3) is 5.56 Å². The number of aromatic amines is 1. The molecule has 7 nitrogen and oxygen atoms in total. The number of methoxy groups -OCH3 is 1. The summed E-state index contributed by atoms with van der Waals surface area (Å²) in [6, 6.07) is 6.17. The van der Waals surface area contributed by atoms with Gasteiger partial charge in [-0.1, -0.05) is 6.07 Å². The first-order chi connectivity index (χ1) is 15.0. The Morgan fingerprint density at radius 2 is 2.06 bits per heavy atom. The van der Waals surface area contributed by atoms with E-state index in [0.717, 1.165) is 73.4 Å². The molecule has 0 aliphatic carbocycles. The first-order valence-electron chi connectivity index (χ1n) is 10.9. The molecule has 0 amide bonds. The molecule has 1 aliphatic rings. The highest BCUT2D eigenvalue weighted by molar-refractivity contribution is 7.80. The van der Waals surface area contributed by atoms with Gasteiger partial charge in [-0.15, -0.1) is 0 Å². The van der Waals surface area contributed by atoms with Gasteiger partial charge in [-0.2, -0.15) is 0 Å². The van der Waals surface area contributed by atoms with Crippen LogP contribution >= 0.6 is 12.2 Å². The van der Waals surface area contributed by atoms with Crippen molar-refractivity contribution < 1.29 is 9.47 Å². The molecular weight excluding hydrogens is 412 g/mol. The number of aromatic nitrogens is 1. The quantitative estimate of drug-likeness (QED) is 0.452. The fourth-order valence-electron chi connectivity index (χ4n) is 3.97. The lowest BCUT2D eigenvalue weighted by Crippen LogP contribution is -2.43. The molecule has 1 fully saturated rings. The Labute approximate surface area is 189 Å². The first kappa shape index (κ1) is 23.7. The minimum absolute atomic E-state index is 0.0598. The van der Waals surface area contributed by atoms with Crippen LogP contribution in [0.5, 0.6) is 0 Å². The molecule has 170 valence electrons. The normalized spacial score (nSPS) is 14.7. The second kappa shape index (κ2) is 11.6. The second-order valence-corrected chi connectivity index (χ2v) is 8.51. The summed E-state index contributed by atoms with van der Waals surface area (Å²) >= 11 is 5.65. The van der Waals surface area contributed by atoms with E-state index < -0.39 is 0 Å². The fraction of sp³-hybridized carbons (Fsp3) is 0.565. The van der Waals surface area contributed by atoms with Crippen molar-refractivity contribution in [2.24, 2.45) is 0 Å². The third-order valence-corrected chi connectivity index (χ3v) is 6.03. The number of hydrogen-bond acceptors (Lipinski definition) is 5. The lowest BCUT2D eigenvalue weighted by molar-refractivity contribution is 0.0367. The summed E-state index contributed by atoms with van der Waals surface area (Å²) in [5.74, 6) is 0. The molecule has 2 heterocycles. The molecule has 0 bridgehead atoms. The third kappa shape index (κ3) is 6.74. The Kier molecular flexibility index (Phi) is 8.83. The van der Waals surface area contributed by atoms with Crippen LogP contribution in [0.2, 0.25) is 0 Å². The minimum atomic E-state index is -0.0598. The van der Waals surface area contributed by atoms with Gasteiger partial charge >= 0.3 is 0 Å². The summed E-state index contributed by atoms with van der Waals surface area (Å²) in [5.41, 5.74) is 3.84. The summed E-state index contributed by atoms with van der Waals surface area (Å²) in [4.78, 5) is 20.4. The van der Waals surface area contributed by atoms with Crippen LogP contribution in [0.1, 0.15) is 23.1 Å². The number of fused-ring (bicyclic) bond motifs is 1. The number of nitrogens with zero attached hydrogens (tertiary/aromatic N) is 2. The average Bonchev–Trinajstić information content (AvgIpc) is 2.74. The molecule has 2 N–H and O–H groups in total. The molecule has 0 radical (unpaired) electrons. The topological polar surface area (TPSA) is 69.8 Å². The maximum absolute atomic E-state index is 12.8. The van der Waals surface area contributed by atoms with Gasteiger partial charge in [0.1, 0.15) is 0 Å². The Morgan fingerprint density at radius 1 is 1.29 bits per heavy atom. The molecule has 1 saturated heterocycles. The fourth-order valence-corrected chi connectivity index (χ4v) is 4.23. The predicted molar refractivity (Wildman–Crippen MR) is 129 cm³/mol. The highest BCUT2D eigenvalue weighted by Gasteiger charge is 2.15. The van der Waals surface area contributed by atoms with E-state index in [1.165, 1.54) is 0 Å². The molecule has 2 aromatic rings. The number of benzene rings is 1. The molecular formula is C23H34N4O3S. The monoisotopic (exact) mass is 446 g/mol. The number of thiocarbonyl (C=S) groups is 1. The number of H-pyrrole nitrogens is 1. The number of ether oxygens (including phenoxy) is 2. The lowest BCUT2D eigenvalue weighted by Gasteiger charge is -2.29. The van der Waals surface area contributed by atoms with E-state index in [4.69, 9.17) is 21.7 Å². The van der Waals surface area contributed by atoms with Gasteiger partial charge in [-0.05, 0) is 55.7 Å². The summed E-state index contributed by atoms with van der Waals surface area (Å²) in [6.07, 6.45) is 0.968.